The van der Waals surface area contributed by atoms with Crippen LogP contribution < -0.4 is 5.73 Å². The maximum Gasteiger partial charge on any atom is 0.218 e. The second kappa shape index (κ2) is 5.54. The van der Waals surface area contributed by atoms with Gasteiger partial charge in [-0.05, 0) is 36.6 Å². The first-order chi connectivity index (χ1) is 10.1. The highest BCUT2D eigenvalue weighted by atomic mass is 32.2. The first-order valence-electron chi connectivity index (χ1n) is 7.04. The summed E-state index contributed by atoms with van der Waals surface area (Å²) in [5.74, 6) is -0.0448. The summed E-state index contributed by atoms with van der Waals surface area (Å²) in [6.07, 6.45) is 3.56. The van der Waals surface area contributed by atoms with Crippen molar-refractivity contribution < 1.29 is 8.42 Å². The Bertz CT molecular complexity index is 710. The average Bonchev–Trinajstić information content (AvgIpc) is 3.11. The van der Waals surface area contributed by atoms with E-state index in [1.807, 2.05) is 30.5 Å². The molecule has 2 heterocycles. The van der Waals surface area contributed by atoms with Crippen molar-refractivity contribution in [1.29, 1.82) is 0 Å². The monoisotopic (exact) mass is 305 g/mol. The number of nitrogens with zero attached hydrogens (tertiary/aromatic N) is 1. The quantitative estimate of drug-likeness (QED) is 0.850. The largest absolute Gasteiger partial charge is 0.398 e. The molecule has 112 valence electrons. The van der Waals surface area contributed by atoms with Gasteiger partial charge in [0.25, 0.3) is 0 Å². The van der Waals surface area contributed by atoms with E-state index in [1.54, 1.807) is 16.4 Å². The molecule has 0 radical (unpaired) electrons. The molecule has 1 aromatic carbocycles. The third kappa shape index (κ3) is 2.82. The number of nitrogens with two attached hydrogens (primary N) is 1. The molecule has 5 nitrogen and oxygen atoms in total. The van der Waals surface area contributed by atoms with Crippen molar-refractivity contribution in [3.63, 3.8) is 0 Å². The summed E-state index contributed by atoms with van der Waals surface area (Å²) in [5, 5.41) is 0. The number of anilines is 1. The van der Waals surface area contributed by atoms with Crippen LogP contribution in [-0.4, -0.2) is 24.3 Å². The summed E-state index contributed by atoms with van der Waals surface area (Å²) in [5.41, 5.74) is 8.01. The van der Waals surface area contributed by atoms with Crippen molar-refractivity contribution in [2.75, 3.05) is 12.3 Å². The van der Waals surface area contributed by atoms with Crippen LogP contribution in [0.2, 0.25) is 0 Å². The lowest BCUT2D eigenvalue weighted by molar-refractivity contribution is 0.391. The Morgan fingerprint density at radius 2 is 2.05 bits per heavy atom. The molecule has 1 atom stereocenters. The molecule has 1 unspecified atom stereocenters. The van der Waals surface area contributed by atoms with Crippen LogP contribution in [0.5, 0.6) is 0 Å². The minimum atomic E-state index is -3.38. The zero-order valence-corrected chi connectivity index (χ0v) is 12.5. The van der Waals surface area contributed by atoms with Crippen LogP contribution in [0.3, 0.4) is 0 Å². The van der Waals surface area contributed by atoms with Crippen molar-refractivity contribution in [1.82, 2.24) is 9.29 Å². The SMILES string of the molecule is Nc1ccccc1CS(=O)(=O)N1CCCC1c1ccc[nH]1. The molecule has 0 saturated carbocycles. The third-order valence-electron chi connectivity index (χ3n) is 3.93. The lowest BCUT2D eigenvalue weighted by atomic mass is 10.2. The molecule has 0 bridgehead atoms. The molecule has 1 saturated heterocycles. The predicted octanol–water partition coefficient (Wildman–Crippen LogP) is 2.26. The van der Waals surface area contributed by atoms with Gasteiger partial charge in [0.1, 0.15) is 0 Å². The second-order valence-electron chi connectivity index (χ2n) is 5.35. The Kier molecular flexibility index (Phi) is 3.73. The predicted molar refractivity (Wildman–Crippen MR) is 83.0 cm³/mol. The van der Waals surface area contributed by atoms with Crippen LogP contribution in [0.1, 0.15) is 30.1 Å². The lowest BCUT2D eigenvalue weighted by Gasteiger charge is -2.23. The van der Waals surface area contributed by atoms with Crippen molar-refractivity contribution >= 4 is 15.7 Å². The van der Waals surface area contributed by atoms with Crippen molar-refractivity contribution in [3.05, 3.63) is 53.9 Å². The van der Waals surface area contributed by atoms with Gasteiger partial charge in [-0.15, -0.1) is 0 Å². The zero-order chi connectivity index (χ0) is 14.9. The van der Waals surface area contributed by atoms with Gasteiger partial charge in [-0.1, -0.05) is 18.2 Å². The van der Waals surface area contributed by atoms with Gasteiger partial charge in [0, 0.05) is 24.1 Å². The fourth-order valence-corrected chi connectivity index (χ4v) is 4.72. The minimum Gasteiger partial charge on any atom is -0.398 e. The van der Waals surface area contributed by atoms with E-state index in [-0.39, 0.29) is 11.8 Å². The lowest BCUT2D eigenvalue weighted by Crippen LogP contribution is -2.32. The van der Waals surface area contributed by atoms with Crippen LogP contribution >= 0.6 is 0 Å². The Morgan fingerprint density at radius 3 is 2.76 bits per heavy atom. The van der Waals surface area contributed by atoms with Gasteiger partial charge < -0.3 is 10.7 Å². The normalized spacial score (nSPS) is 19.9. The number of rotatable bonds is 4. The highest BCUT2D eigenvalue weighted by molar-refractivity contribution is 7.88. The number of sulfonamides is 1. The van der Waals surface area contributed by atoms with E-state index >= 15 is 0 Å². The molecule has 1 aliphatic heterocycles. The number of para-hydroxylation sites is 1. The van der Waals surface area contributed by atoms with Crippen LogP contribution in [0.25, 0.3) is 0 Å². The Balaban J connectivity index is 1.86. The summed E-state index contributed by atoms with van der Waals surface area (Å²) in [6.45, 7) is 0.568. The molecule has 2 aromatic rings. The van der Waals surface area contributed by atoms with Crippen LogP contribution in [0.15, 0.2) is 42.6 Å². The second-order valence-corrected chi connectivity index (χ2v) is 7.27. The number of aromatic amines is 1. The fourth-order valence-electron chi connectivity index (χ4n) is 2.88. The van der Waals surface area contributed by atoms with E-state index < -0.39 is 10.0 Å². The fraction of sp³-hybridized carbons (Fsp3) is 0.333. The molecular weight excluding hydrogens is 286 g/mol. The van der Waals surface area contributed by atoms with Crippen molar-refractivity contribution in [2.24, 2.45) is 0 Å². The van der Waals surface area contributed by atoms with Gasteiger partial charge in [0.05, 0.1) is 11.8 Å². The van der Waals surface area contributed by atoms with E-state index in [0.717, 1.165) is 18.5 Å². The van der Waals surface area contributed by atoms with Crippen LogP contribution in [0, 0.1) is 0 Å². The van der Waals surface area contributed by atoms with E-state index in [0.29, 0.717) is 17.8 Å². The summed E-state index contributed by atoms with van der Waals surface area (Å²) in [4.78, 5) is 3.13. The van der Waals surface area contributed by atoms with E-state index in [9.17, 15) is 8.42 Å². The summed E-state index contributed by atoms with van der Waals surface area (Å²) >= 11 is 0. The summed E-state index contributed by atoms with van der Waals surface area (Å²) in [7, 11) is -3.38. The molecule has 3 N–H and O–H groups in total. The third-order valence-corrected chi connectivity index (χ3v) is 5.76. The number of nitrogens with one attached hydrogen (secondary N) is 1. The number of benzene rings is 1. The Hall–Kier alpha value is -1.79. The van der Waals surface area contributed by atoms with Gasteiger partial charge in [0.2, 0.25) is 10.0 Å². The summed E-state index contributed by atoms with van der Waals surface area (Å²) < 4.78 is 27.0. The van der Waals surface area contributed by atoms with Gasteiger partial charge in [-0.25, -0.2) is 8.42 Å². The number of H-pyrrole nitrogens is 1. The molecule has 1 aliphatic rings. The van der Waals surface area contributed by atoms with Crippen LogP contribution in [-0.2, 0) is 15.8 Å². The molecule has 0 aliphatic carbocycles. The van der Waals surface area contributed by atoms with E-state index in [2.05, 4.69) is 4.98 Å². The average molecular weight is 305 g/mol. The number of hydrogen-bond acceptors (Lipinski definition) is 3. The first-order valence-corrected chi connectivity index (χ1v) is 8.65. The highest BCUT2D eigenvalue weighted by Gasteiger charge is 2.35. The van der Waals surface area contributed by atoms with E-state index in [4.69, 9.17) is 5.73 Å². The van der Waals surface area contributed by atoms with Crippen LogP contribution in [0.4, 0.5) is 5.69 Å². The zero-order valence-electron chi connectivity index (χ0n) is 11.7. The van der Waals surface area contributed by atoms with Crippen molar-refractivity contribution in [2.45, 2.75) is 24.6 Å². The molecule has 0 spiro atoms. The van der Waals surface area contributed by atoms with Crippen molar-refractivity contribution in [3.8, 4) is 0 Å². The first kappa shape index (κ1) is 14.2. The molecule has 6 heteroatoms. The van der Waals surface area contributed by atoms with Gasteiger partial charge in [-0.2, -0.15) is 4.31 Å². The van der Waals surface area contributed by atoms with Gasteiger partial charge in [0.15, 0.2) is 0 Å². The summed E-state index contributed by atoms with van der Waals surface area (Å²) in [6, 6.07) is 10.9. The molecule has 3 rings (SSSR count). The number of hydrogen-bond donors (Lipinski definition) is 2. The Morgan fingerprint density at radius 1 is 1.24 bits per heavy atom. The standard InChI is InChI=1S/C15H19N3O2S/c16-13-6-2-1-5-12(13)11-21(19,20)18-10-4-8-15(18)14-7-3-9-17-14/h1-3,5-7,9,15,17H,4,8,10-11,16H2. The Labute approximate surface area is 124 Å². The number of nitrogen functional groups attached to an aromatic ring is 1. The van der Waals surface area contributed by atoms with Gasteiger partial charge in [-0.3, -0.25) is 0 Å². The molecule has 1 aromatic heterocycles. The highest BCUT2D eigenvalue weighted by Crippen LogP contribution is 2.34. The smallest absolute Gasteiger partial charge is 0.218 e. The maximum absolute atomic E-state index is 12.7. The maximum atomic E-state index is 12.7. The topological polar surface area (TPSA) is 79.2 Å². The molecular formula is C15H19N3O2S. The molecule has 21 heavy (non-hydrogen) atoms. The molecule has 0 amide bonds. The molecule has 1 fully saturated rings. The van der Waals surface area contributed by atoms with Gasteiger partial charge >= 0.3 is 0 Å². The minimum absolute atomic E-state index is 0.0448. The number of aromatic nitrogens is 1. The van der Waals surface area contributed by atoms with E-state index in [1.165, 1.54) is 0 Å².